The molecule has 0 N–H and O–H groups in total. The highest BCUT2D eigenvalue weighted by atomic mass is 16.5. The summed E-state index contributed by atoms with van der Waals surface area (Å²) >= 11 is 0. The number of rotatable bonds is 4. The third kappa shape index (κ3) is 2.67. The number of pyridine rings is 1. The average Bonchev–Trinajstić information content (AvgIpc) is 3.63. The molecule has 2 bridgehead atoms. The first-order chi connectivity index (χ1) is 16.5. The Balaban J connectivity index is 1.23. The van der Waals surface area contributed by atoms with Gasteiger partial charge < -0.3 is 9.64 Å². The number of tetrazole rings is 1. The molecule has 0 amide bonds. The molecule has 3 aromatic heterocycles. The van der Waals surface area contributed by atoms with Crippen molar-refractivity contribution in [3.63, 3.8) is 0 Å². The van der Waals surface area contributed by atoms with Crippen molar-refractivity contribution >= 4 is 11.3 Å². The van der Waals surface area contributed by atoms with Crippen molar-refractivity contribution in [1.82, 2.24) is 34.8 Å². The normalized spacial score (nSPS) is 30.3. The van der Waals surface area contributed by atoms with Gasteiger partial charge in [-0.05, 0) is 53.3 Å². The smallest absolute Gasteiger partial charge is 0.184 e. The fourth-order valence-electron chi connectivity index (χ4n) is 6.37. The summed E-state index contributed by atoms with van der Waals surface area (Å²) in [7, 11) is 1.88. The van der Waals surface area contributed by atoms with Gasteiger partial charge in [-0.25, -0.2) is 14.2 Å². The quantitative estimate of drug-likeness (QED) is 0.467. The molecule has 8 rings (SSSR count). The van der Waals surface area contributed by atoms with E-state index in [-0.39, 0.29) is 11.3 Å². The minimum Gasteiger partial charge on any atom is -0.369 e. The molecule has 0 spiro atoms. The summed E-state index contributed by atoms with van der Waals surface area (Å²) in [6.45, 7) is 7.19. The number of nitrogens with zero attached hydrogens (tertiary/aromatic N) is 8. The van der Waals surface area contributed by atoms with Crippen molar-refractivity contribution < 1.29 is 4.74 Å². The Labute approximate surface area is 197 Å². The Morgan fingerprint density at radius 2 is 2.03 bits per heavy atom. The standard InChI is InChI=1S/C25H28N8O/c1-16-11-19(32-10-9-24(2,15-32)18-7-5-4-6-8-18)13-33-21(16)26-23(28-33)25-12-17(14-34-25)20(25)22-27-29-30-31(22)3/h4-8,11,13,17,20H,9-10,12,14-15H2,1-3H3/t17?,20?,24-,25?/m0/s1. The Kier molecular flexibility index (Phi) is 4.04. The molecule has 3 aliphatic heterocycles. The van der Waals surface area contributed by atoms with E-state index in [0.29, 0.717) is 12.5 Å². The van der Waals surface area contributed by atoms with Gasteiger partial charge in [0.15, 0.2) is 17.3 Å². The van der Waals surface area contributed by atoms with Crippen LogP contribution in [0, 0.1) is 12.8 Å². The van der Waals surface area contributed by atoms with Gasteiger partial charge in [-0.15, -0.1) is 10.2 Å². The largest absolute Gasteiger partial charge is 0.369 e. The van der Waals surface area contributed by atoms with Crippen molar-refractivity contribution in [1.29, 1.82) is 0 Å². The second kappa shape index (κ2) is 6.85. The van der Waals surface area contributed by atoms with Gasteiger partial charge in [0.05, 0.1) is 24.4 Å². The first-order valence-electron chi connectivity index (χ1n) is 12.0. The van der Waals surface area contributed by atoms with Crippen molar-refractivity contribution in [3.8, 4) is 0 Å². The number of ether oxygens (including phenoxy) is 1. The number of benzene rings is 1. The summed E-state index contributed by atoms with van der Waals surface area (Å²) in [6, 6.07) is 13.1. The zero-order valence-electron chi connectivity index (χ0n) is 19.7. The molecule has 9 nitrogen and oxygen atoms in total. The van der Waals surface area contributed by atoms with Gasteiger partial charge >= 0.3 is 0 Å². The highest BCUT2D eigenvalue weighted by Crippen LogP contribution is 2.63. The molecule has 0 radical (unpaired) electrons. The minimum absolute atomic E-state index is 0.0925. The molecule has 3 saturated heterocycles. The van der Waals surface area contributed by atoms with E-state index in [4.69, 9.17) is 14.8 Å². The Morgan fingerprint density at radius 1 is 1.18 bits per heavy atom. The highest BCUT2D eigenvalue weighted by Gasteiger charge is 2.66. The van der Waals surface area contributed by atoms with Crippen LogP contribution in [0.2, 0.25) is 0 Å². The molecule has 1 saturated carbocycles. The second-order valence-electron chi connectivity index (χ2n) is 10.5. The van der Waals surface area contributed by atoms with E-state index in [1.54, 1.807) is 4.68 Å². The summed E-state index contributed by atoms with van der Waals surface area (Å²) in [4.78, 5) is 7.44. The number of fused-ring (bicyclic) bond motifs is 2. The van der Waals surface area contributed by atoms with E-state index in [1.807, 2.05) is 11.6 Å². The second-order valence-corrected chi connectivity index (χ2v) is 10.5. The lowest BCUT2D eigenvalue weighted by Gasteiger charge is -2.41. The molecule has 3 unspecified atom stereocenters. The van der Waals surface area contributed by atoms with Crippen molar-refractivity contribution in [3.05, 3.63) is 65.4 Å². The van der Waals surface area contributed by atoms with Crippen molar-refractivity contribution in [2.24, 2.45) is 13.0 Å². The predicted molar refractivity (Wildman–Crippen MR) is 126 cm³/mol. The van der Waals surface area contributed by atoms with Crippen LogP contribution >= 0.6 is 0 Å². The van der Waals surface area contributed by atoms with Gasteiger partial charge in [0, 0.05) is 25.6 Å². The van der Waals surface area contributed by atoms with Crippen LogP contribution in [-0.4, -0.2) is 54.5 Å². The lowest BCUT2D eigenvalue weighted by atomic mass is 9.63. The van der Waals surface area contributed by atoms with E-state index >= 15 is 0 Å². The third-order valence-electron chi connectivity index (χ3n) is 8.32. The maximum Gasteiger partial charge on any atom is 0.184 e. The molecular formula is C25H28N8O. The van der Waals surface area contributed by atoms with E-state index in [1.165, 1.54) is 11.3 Å². The molecule has 174 valence electrons. The number of hydrogen-bond acceptors (Lipinski definition) is 7. The molecule has 1 aromatic carbocycles. The fourth-order valence-corrected chi connectivity index (χ4v) is 6.37. The lowest BCUT2D eigenvalue weighted by molar-refractivity contribution is -0.0356. The number of aromatic nitrogens is 7. The minimum atomic E-state index is -0.536. The van der Waals surface area contributed by atoms with E-state index in [0.717, 1.165) is 48.8 Å². The van der Waals surface area contributed by atoms with Gasteiger partial charge in [0.25, 0.3) is 0 Å². The third-order valence-corrected chi connectivity index (χ3v) is 8.32. The van der Waals surface area contributed by atoms with Gasteiger partial charge in [-0.1, -0.05) is 37.3 Å². The summed E-state index contributed by atoms with van der Waals surface area (Å²) < 4.78 is 10.00. The van der Waals surface area contributed by atoms with Crippen molar-refractivity contribution in [2.45, 2.75) is 43.6 Å². The fraction of sp³-hybridized carbons (Fsp3) is 0.480. The van der Waals surface area contributed by atoms with Crippen LogP contribution in [0.15, 0.2) is 42.6 Å². The van der Waals surface area contributed by atoms with E-state index < -0.39 is 5.60 Å². The predicted octanol–water partition coefficient (Wildman–Crippen LogP) is 2.76. The molecular weight excluding hydrogens is 428 g/mol. The molecule has 4 aliphatic rings. The van der Waals surface area contributed by atoms with Crippen molar-refractivity contribution in [2.75, 3.05) is 24.6 Å². The summed E-state index contributed by atoms with van der Waals surface area (Å²) in [6.07, 6.45) is 4.16. The monoisotopic (exact) mass is 456 g/mol. The summed E-state index contributed by atoms with van der Waals surface area (Å²) in [5, 5.41) is 17.1. The van der Waals surface area contributed by atoms with Crippen LogP contribution in [0.5, 0.6) is 0 Å². The first kappa shape index (κ1) is 20.1. The Bertz CT molecular complexity index is 1390. The first-order valence-corrected chi connectivity index (χ1v) is 12.0. The van der Waals surface area contributed by atoms with Crippen LogP contribution in [0.25, 0.3) is 5.65 Å². The molecule has 4 fully saturated rings. The molecule has 34 heavy (non-hydrogen) atoms. The SMILES string of the molecule is Cc1cc(N2CC[C@](C)(c3ccccc3)C2)cn2nc(C34CC(CO3)C4c3nnnn3C)nc12. The van der Waals surface area contributed by atoms with Gasteiger partial charge in [-0.3, -0.25) is 0 Å². The molecule has 4 atom stereocenters. The zero-order chi connectivity index (χ0) is 23.1. The van der Waals surface area contributed by atoms with Gasteiger partial charge in [0.2, 0.25) is 0 Å². The van der Waals surface area contributed by atoms with Crippen LogP contribution in [0.4, 0.5) is 5.69 Å². The summed E-state index contributed by atoms with van der Waals surface area (Å²) in [5.41, 5.74) is 4.20. The number of anilines is 1. The molecule has 1 aliphatic carbocycles. The number of aryl methyl sites for hydroxylation is 2. The maximum absolute atomic E-state index is 6.31. The van der Waals surface area contributed by atoms with E-state index in [2.05, 4.69) is 76.9 Å². The average molecular weight is 457 g/mol. The Hall–Kier alpha value is -3.33. The molecule has 4 aromatic rings. The lowest BCUT2D eigenvalue weighted by Crippen LogP contribution is -2.45. The Morgan fingerprint density at radius 3 is 2.79 bits per heavy atom. The maximum atomic E-state index is 6.31. The van der Waals surface area contributed by atoms with Gasteiger partial charge in [-0.2, -0.15) is 0 Å². The molecule has 9 heteroatoms. The van der Waals surface area contributed by atoms with Gasteiger partial charge in [0.1, 0.15) is 5.60 Å². The van der Waals surface area contributed by atoms with E-state index in [9.17, 15) is 0 Å². The molecule has 6 heterocycles. The topological polar surface area (TPSA) is 86.3 Å². The van der Waals surface area contributed by atoms with Crippen LogP contribution in [0.1, 0.15) is 48.5 Å². The zero-order valence-corrected chi connectivity index (χ0v) is 19.7. The van der Waals surface area contributed by atoms with Crippen LogP contribution in [0.3, 0.4) is 0 Å². The summed E-state index contributed by atoms with van der Waals surface area (Å²) in [5.74, 6) is 2.09. The van der Waals surface area contributed by atoms with Crippen LogP contribution < -0.4 is 4.90 Å². The highest BCUT2D eigenvalue weighted by molar-refractivity contribution is 5.58. The van der Waals surface area contributed by atoms with Crippen LogP contribution in [-0.2, 0) is 22.8 Å². The number of hydrogen-bond donors (Lipinski definition) is 0.